The van der Waals surface area contributed by atoms with Crippen LogP contribution >= 0.6 is 46.3 Å². The van der Waals surface area contributed by atoms with Crippen molar-refractivity contribution in [2.24, 2.45) is 0 Å². The van der Waals surface area contributed by atoms with Crippen molar-refractivity contribution < 1.29 is 9.53 Å². The molecule has 3 rings (SSSR count). The maximum absolute atomic E-state index is 12.0. The molecule has 0 aliphatic rings. The molecule has 0 bridgehead atoms. The van der Waals surface area contributed by atoms with Crippen molar-refractivity contribution in [1.29, 1.82) is 0 Å². The van der Waals surface area contributed by atoms with Crippen molar-refractivity contribution in [3.63, 3.8) is 0 Å². The SMILES string of the molecule is Cc1ccc(OCC(=O)Nc2nnc(SCc3ccc(Cl)cc3Cl)s2)cc1. The number of carbonyl (C=O) groups excluding carboxylic acids is 1. The molecule has 0 aliphatic carbocycles. The maximum Gasteiger partial charge on any atom is 0.264 e. The Hall–Kier alpha value is -1.80. The highest BCUT2D eigenvalue weighted by Gasteiger charge is 2.10. The summed E-state index contributed by atoms with van der Waals surface area (Å²) in [7, 11) is 0. The predicted octanol–water partition coefficient (Wildman–Crippen LogP) is 5.46. The lowest BCUT2D eigenvalue weighted by Crippen LogP contribution is -2.20. The average Bonchev–Trinajstić information content (AvgIpc) is 3.08. The van der Waals surface area contributed by atoms with Crippen molar-refractivity contribution in [2.75, 3.05) is 11.9 Å². The van der Waals surface area contributed by atoms with Crippen LogP contribution in [-0.2, 0) is 10.5 Å². The van der Waals surface area contributed by atoms with E-state index in [9.17, 15) is 4.79 Å². The third kappa shape index (κ3) is 6.10. The first-order valence-corrected chi connectivity index (χ1v) is 10.4. The fourth-order valence-electron chi connectivity index (χ4n) is 2.04. The zero-order valence-corrected chi connectivity index (χ0v) is 17.4. The Morgan fingerprint density at radius 3 is 2.70 bits per heavy atom. The number of benzene rings is 2. The lowest BCUT2D eigenvalue weighted by atomic mass is 10.2. The Morgan fingerprint density at radius 2 is 1.96 bits per heavy atom. The van der Waals surface area contributed by atoms with Crippen LogP contribution in [0.4, 0.5) is 5.13 Å². The Labute approximate surface area is 175 Å². The molecule has 5 nitrogen and oxygen atoms in total. The van der Waals surface area contributed by atoms with Gasteiger partial charge in [0.05, 0.1) is 0 Å². The fraction of sp³-hybridized carbons (Fsp3) is 0.167. The number of aromatic nitrogens is 2. The topological polar surface area (TPSA) is 64.1 Å². The second-order valence-electron chi connectivity index (χ2n) is 5.55. The van der Waals surface area contributed by atoms with E-state index in [1.807, 2.05) is 37.3 Å². The smallest absolute Gasteiger partial charge is 0.264 e. The number of amides is 1. The highest BCUT2D eigenvalue weighted by atomic mass is 35.5. The first kappa shape index (κ1) is 19.9. The molecule has 0 fully saturated rings. The summed E-state index contributed by atoms with van der Waals surface area (Å²) in [5.74, 6) is 0.989. The monoisotopic (exact) mass is 439 g/mol. The number of hydrogen-bond donors (Lipinski definition) is 1. The molecule has 1 heterocycles. The Kier molecular flexibility index (Phi) is 6.95. The van der Waals surface area contributed by atoms with Crippen LogP contribution in [0.5, 0.6) is 5.75 Å². The van der Waals surface area contributed by atoms with Gasteiger partial charge in [-0.2, -0.15) is 0 Å². The summed E-state index contributed by atoms with van der Waals surface area (Å²) in [6.45, 7) is 1.90. The van der Waals surface area contributed by atoms with E-state index in [-0.39, 0.29) is 12.5 Å². The van der Waals surface area contributed by atoms with Gasteiger partial charge in [0.15, 0.2) is 10.9 Å². The first-order valence-electron chi connectivity index (χ1n) is 7.89. The molecule has 140 valence electrons. The minimum absolute atomic E-state index is 0.0918. The summed E-state index contributed by atoms with van der Waals surface area (Å²) in [4.78, 5) is 12.0. The van der Waals surface area contributed by atoms with E-state index < -0.39 is 0 Å². The van der Waals surface area contributed by atoms with E-state index in [4.69, 9.17) is 27.9 Å². The normalized spacial score (nSPS) is 10.6. The van der Waals surface area contributed by atoms with Crippen LogP contribution in [0.25, 0.3) is 0 Å². The summed E-state index contributed by atoms with van der Waals surface area (Å²) in [6, 6.07) is 12.9. The highest BCUT2D eigenvalue weighted by Crippen LogP contribution is 2.31. The largest absolute Gasteiger partial charge is 0.484 e. The summed E-state index contributed by atoms with van der Waals surface area (Å²) < 4.78 is 6.18. The summed E-state index contributed by atoms with van der Waals surface area (Å²) in [6.07, 6.45) is 0. The van der Waals surface area contributed by atoms with E-state index in [2.05, 4.69) is 15.5 Å². The third-order valence-electron chi connectivity index (χ3n) is 3.41. The van der Waals surface area contributed by atoms with Gasteiger partial charge < -0.3 is 4.74 Å². The minimum atomic E-state index is -0.288. The van der Waals surface area contributed by atoms with E-state index in [1.165, 1.54) is 23.1 Å². The lowest BCUT2D eigenvalue weighted by molar-refractivity contribution is -0.118. The predicted molar refractivity (Wildman–Crippen MR) is 111 cm³/mol. The number of hydrogen-bond acceptors (Lipinski definition) is 6. The van der Waals surface area contributed by atoms with Crippen molar-refractivity contribution in [3.05, 3.63) is 63.6 Å². The molecule has 1 amide bonds. The van der Waals surface area contributed by atoms with Crippen molar-refractivity contribution >= 4 is 57.3 Å². The number of thioether (sulfide) groups is 1. The maximum atomic E-state index is 12.0. The standard InChI is InChI=1S/C18H15Cl2N3O2S2/c1-11-2-6-14(7-3-11)25-9-16(24)21-17-22-23-18(27-17)26-10-12-4-5-13(19)8-15(12)20/h2-8H,9-10H2,1H3,(H,21,22,24). The fourth-order valence-corrected chi connectivity index (χ4v) is 4.36. The molecule has 0 radical (unpaired) electrons. The van der Waals surface area contributed by atoms with Gasteiger partial charge in [-0.3, -0.25) is 10.1 Å². The molecule has 0 unspecified atom stereocenters. The van der Waals surface area contributed by atoms with Gasteiger partial charge in [-0.15, -0.1) is 10.2 Å². The van der Waals surface area contributed by atoms with Crippen LogP contribution in [0.3, 0.4) is 0 Å². The molecule has 3 aromatic rings. The Morgan fingerprint density at radius 1 is 1.19 bits per heavy atom. The molecule has 2 aromatic carbocycles. The number of rotatable bonds is 7. The van der Waals surface area contributed by atoms with Crippen molar-refractivity contribution in [3.8, 4) is 5.75 Å². The molecule has 9 heteroatoms. The molecule has 0 saturated heterocycles. The van der Waals surface area contributed by atoms with E-state index in [0.29, 0.717) is 26.7 Å². The van der Waals surface area contributed by atoms with Gasteiger partial charge in [0, 0.05) is 15.8 Å². The highest BCUT2D eigenvalue weighted by molar-refractivity contribution is 8.00. The van der Waals surface area contributed by atoms with Gasteiger partial charge in [0.1, 0.15) is 5.75 Å². The second-order valence-corrected chi connectivity index (χ2v) is 8.59. The van der Waals surface area contributed by atoms with Crippen molar-refractivity contribution in [1.82, 2.24) is 10.2 Å². The second kappa shape index (κ2) is 9.41. The summed E-state index contributed by atoms with van der Waals surface area (Å²) >= 11 is 14.8. The van der Waals surface area contributed by atoms with Crippen LogP contribution in [0, 0.1) is 6.92 Å². The number of nitrogens with zero attached hydrogens (tertiary/aromatic N) is 2. The van der Waals surface area contributed by atoms with Gasteiger partial charge in [-0.05, 0) is 36.8 Å². The van der Waals surface area contributed by atoms with Gasteiger partial charge in [0.2, 0.25) is 5.13 Å². The quantitative estimate of drug-likeness (QED) is 0.390. The first-order chi connectivity index (χ1) is 13.0. The van der Waals surface area contributed by atoms with E-state index in [0.717, 1.165) is 15.5 Å². The van der Waals surface area contributed by atoms with Gasteiger partial charge in [-0.1, -0.05) is 70.1 Å². The number of carbonyl (C=O) groups is 1. The molecular formula is C18H15Cl2N3O2S2. The number of anilines is 1. The van der Waals surface area contributed by atoms with Crippen LogP contribution in [-0.4, -0.2) is 22.7 Å². The minimum Gasteiger partial charge on any atom is -0.484 e. The van der Waals surface area contributed by atoms with Gasteiger partial charge >= 0.3 is 0 Å². The molecule has 0 atom stereocenters. The van der Waals surface area contributed by atoms with Crippen LogP contribution < -0.4 is 10.1 Å². The molecule has 0 saturated carbocycles. The van der Waals surface area contributed by atoms with Crippen molar-refractivity contribution in [2.45, 2.75) is 17.0 Å². The zero-order valence-electron chi connectivity index (χ0n) is 14.2. The van der Waals surface area contributed by atoms with Gasteiger partial charge in [0.25, 0.3) is 5.91 Å². The van der Waals surface area contributed by atoms with Crippen LogP contribution in [0.1, 0.15) is 11.1 Å². The van der Waals surface area contributed by atoms with E-state index >= 15 is 0 Å². The average molecular weight is 440 g/mol. The molecule has 1 N–H and O–H groups in total. The van der Waals surface area contributed by atoms with Gasteiger partial charge in [-0.25, -0.2) is 0 Å². The van der Waals surface area contributed by atoms with E-state index in [1.54, 1.807) is 12.1 Å². The number of halogens is 2. The summed E-state index contributed by atoms with van der Waals surface area (Å²) in [5, 5.41) is 12.4. The molecule has 1 aromatic heterocycles. The number of ether oxygens (including phenoxy) is 1. The molecule has 0 spiro atoms. The lowest BCUT2D eigenvalue weighted by Gasteiger charge is -2.05. The molecular weight excluding hydrogens is 425 g/mol. The Bertz CT molecular complexity index is 933. The van der Waals surface area contributed by atoms with Crippen LogP contribution in [0.15, 0.2) is 46.8 Å². The number of aryl methyl sites for hydroxylation is 1. The molecule has 0 aliphatic heterocycles. The van der Waals surface area contributed by atoms with Crippen LogP contribution in [0.2, 0.25) is 10.0 Å². The third-order valence-corrected chi connectivity index (χ3v) is 6.02. The molecule has 27 heavy (non-hydrogen) atoms. The Balaban J connectivity index is 1.48. The zero-order chi connectivity index (χ0) is 19.2. The number of nitrogens with one attached hydrogen (secondary N) is 1. The summed E-state index contributed by atoms with van der Waals surface area (Å²) in [5.41, 5.74) is 2.09.